The Morgan fingerprint density at radius 1 is 0.476 bits per heavy atom. The second kappa shape index (κ2) is 50.4. The molecule has 15 rings (SSSR count). The number of anilines is 2. The lowest BCUT2D eigenvalue weighted by Gasteiger charge is -2.36. The maximum Gasteiger partial charge on any atom is 0.416 e. The molecule has 0 bridgehead atoms. The summed E-state index contributed by atoms with van der Waals surface area (Å²) >= 11 is 0. The summed E-state index contributed by atoms with van der Waals surface area (Å²) < 4.78 is 112. The van der Waals surface area contributed by atoms with Crippen LogP contribution in [-0.2, 0) is 92.4 Å². The highest BCUT2D eigenvalue weighted by Gasteiger charge is 2.37. The summed E-state index contributed by atoms with van der Waals surface area (Å²) in [6.07, 6.45) is 1.72. The topological polar surface area (TPSA) is 119 Å². The number of nitrogens with one attached hydrogen (secondary N) is 1. The predicted octanol–water partition coefficient (Wildman–Crippen LogP) is 26.3. The van der Waals surface area contributed by atoms with E-state index in [-0.39, 0.29) is 55.7 Å². The van der Waals surface area contributed by atoms with E-state index in [9.17, 15) is 45.2 Å². The number of nitrogens with zero attached hydrogens (tertiary/aromatic N) is 10. The standard InChI is InChI=1S/C21H28O.C19H30N2.C18H27F3N2.C18H31N2OP.C16H22F3NO.C14H17FN2.C14H20N2O/c1-15(2)19-12-16(3)10-11-20(19)22-14-17-8-7-9-18(13-17)21(4,5)6;1-19(2,3)18-12-15(11-17(13-18)16-5-6-16)14-21-9-7-20(4)8-10-21;1-17(2,3)14-8-13(9-15(10-14)18(19,20)21)11-23-7-6-16(12-23)22(4)5;1-18(2,3)16-6-8-17(9-7-16)20-12-10-19(11-13-20)14-15-22(4,5)21;1-15(2,3)12-6-11(7-13(8-12)16(17,18)19)9-20-5-4-14(21)10-20;1-14(2,3)12-6-11(7-13(15)8-12)9-17-5-4-16-10-17;1-14(2,3)11-4-6-12(7-5-11)16-9-8-15-10-13(16)17/h7-13,15H,14H2,1-6H3;11-13,16H,5-10,14H2,1-4H3;8-10,16H,6-7,11-12H2,1-5H3;6-9H,10-15H2,1-5H3;6-8,14,21H,4-5,9-10H2,1-3H3;4-8,10H,9H2,1-3H3;4-7,15H,8-10H2,1-3H3/t;;16-;;14-;;/m..1.1../s1. The molecule has 0 spiro atoms. The molecule has 2 atom stereocenters. The SMILES string of the molecule is CC(C)(C)c1cc(CN2CC[C@@H](O)C2)cc(C(F)(F)F)c1.CC(C)(C)c1cc(F)cc(Cn2ccnc2)c1.CC(C)(C)c1ccc(N2CCN(CCP(C)(C)=O)CC2)cc1.CC(C)(C)c1ccc(N2CCNCC2=O)cc1.CN(C)[C@@H]1CCN(Cc2cc(C(C)(C)C)cc(C(F)(F)F)c2)C1.CN1CCN(Cc2cc(C3CC3)cc(C(C)(C)C)c2)CC1.Cc1ccc(OCc2cccc(C(C)(C)C)c2)c(C(C)C)c1. The number of alkyl halides is 6. The van der Waals surface area contributed by atoms with Crippen molar-refractivity contribution < 1.29 is 49.9 Å². The van der Waals surface area contributed by atoms with Crippen LogP contribution in [0.5, 0.6) is 5.75 Å². The highest BCUT2D eigenvalue weighted by Crippen LogP contribution is 2.44. The molecule has 8 aromatic carbocycles. The van der Waals surface area contributed by atoms with Crippen LogP contribution in [0.1, 0.15) is 291 Å². The molecule has 6 heterocycles. The monoisotopic (exact) mass is 2000 g/mol. The number of aliphatic hydroxyl groups excluding tert-OH is 1. The molecule has 2 N–H and O–H groups in total. The second-order valence-electron chi connectivity index (χ2n) is 48.9. The molecule has 6 fully saturated rings. The number of imidazole rings is 1. The van der Waals surface area contributed by atoms with Gasteiger partial charge in [0, 0.05) is 160 Å². The minimum Gasteiger partial charge on any atom is -0.489 e. The smallest absolute Gasteiger partial charge is 0.416 e. The molecule has 5 aliphatic heterocycles. The van der Waals surface area contributed by atoms with Gasteiger partial charge in [0.1, 0.15) is 18.2 Å². The number of aromatic nitrogens is 2. The molecule has 1 aromatic heterocycles. The number of hydrogen-bond acceptors (Lipinski definition) is 13. The normalized spacial score (nSPS) is 17.6. The number of ether oxygens (including phenoxy) is 1. The summed E-state index contributed by atoms with van der Waals surface area (Å²) in [6.45, 7) is 73.8. The lowest BCUT2D eigenvalue weighted by Crippen LogP contribution is -2.48. The van der Waals surface area contributed by atoms with Crippen LogP contribution < -0.4 is 19.9 Å². The maximum atomic E-state index is 13.6. The van der Waals surface area contributed by atoms with Crippen LogP contribution in [0.2, 0.25) is 0 Å². The molecule has 6 aliphatic rings. The van der Waals surface area contributed by atoms with Gasteiger partial charge in [0.15, 0.2) is 0 Å². The first kappa shape index (κ1) is 118. The molecular formula is C120H175F7N11O4P. The van der Waals surface area contributed by atoms with Gasteiger partial charge in [-0.05, 0) is 261 Å². The molecule has 788 valence electrons. The van der Waals surface area contributed by atoms with Crippen molar-refractivity contribution in [3.8, 4) is 5.75 Å². The average Bonchev–Trinajstić information content (AvgIpc) is 1.65. The van der Waals surface area contributed by atoms with Crippen molar-refractivity contribution in [2.45, 2.75) is 299 Å². The fourth-order valence-electron chi connectivity index (χ4n) is 17.9. The number of likely N-dealkylation sites (N-methyl/N-ethyl adjacent to an activating group) is 2. The van der Waals surface area contributed by atoms with Crippen LogP contribution in [0.25, 0.3) is 0 Å². The first-order valence-corrected chi connectivity index (χ1v) is 54.7. The van der Waals surface area contributed by atoms with E-state index in [0.717, 1.165) is 124 Å². The average molecular weight is 2000 g/mol. The minimum atomic E-state index is -4.33. The first-order chi connectivity index (χ1) is 66.3. The van der Waals surface area contributed by atoms with E-state index in [1.165, 1.54) is 113 Å². The zero-order valence-corrected chi connectivity index (χ0v) is 93.1. The first-order valence-electron chi connectivity index (χ1n) is 51.9. The van der Waals surface area contributed by atoms with E-state index in [0.29, 0.717) is 68.8 Å². The number of piperazine rings is 3. The Balaban J connectivity index is 0.000000186. The third-order valence-electron chi connectivity index (χ3n) is 27.6. The highest BCUT2D eigenvalue weighted by molar-refractivity contribution is 7.62. The van der Waals surface area contributed by atoms with Gasteiger partial charge < -0.3 is 43.9 Å². The van der Waals surface area contributed by atoms with Gasteiger partial charge in [-0.25, -0.2) is 9.37 Å². The number of hydrogen-bond donors (Lipinski definition) is 2. The van der Waals surface area contributed by atoms with Gasteiger partial charge in [-0.3, -0.25) is 24.4 Å². The molecule has 5 saturated heterocycles. The van der Waals surface area contributed by atoms with Crippen LogP contribution in [-0.4, -0.2) is 207 Å². The Hall–Kier alpha value is -8.54. The Morgan fingerprint density at radius 2 is 0.937 bits per heavy atom. The fourth-order valence-corrected chi connectivity index (χ4v) is 18.6. The lowest BCUT2D eigenvalue weighted by molar-refractivity contribution is -0.138. The molecule has 0 radical (unpaired) electrons. The highest BCUT2D eigenvalue weighted by atomic mass is 31.2. The largest absolute Gasteiger partial charge is 0.489 e. The van der Waals surface area contributed by atoms with Crippen molar-refractivity contribution in [1.29, 1.82) is 0 Å². The van der Waals surface area contributed by atoms with Crippen LogP contribution in [0.15, 0.2) is 183 Å². The second-order valence-corrected chi connectivity index (χ2v) is 52.5. The number of halogens is 7. The number of carbonyl (C=O) groups excluding carboxylic acids is 1. The van der Waals surface area contributed by atoms with E-state index in [1.54, 1.807) is 30.2 Å². The van der Waals surface area contributed by atoms with Gasteiger partial charge in [0.2, 0.25) is 5.91 Å². The van der Waals surface area contributed by atoms with E-state index in [1.807, 2.05) is 99.7 Å². The van der Waals surface area contributed by atoms with Crippen molar-refractivity contribution in [2.75, 3.05) is 155 Å². The number of aryl methyl sites for hydroxylation is 1. The fraction of sp³-hybridized carbons (Fsp3) is 0.567. The van der Waals surface area contributed by atoms with Gasteiger partial charge in [-0.2, -0.15) is 26.3 Å². The van der Waals surface area contributed by atoms with E-state index in [2.05, 4.69) is 289 Å². The van der Waals surface area contributed by atoms with Crippen molar-refractivity contribution in [3.05, 3.63) is 283 Å². The van der Waals surface area contributed by atoms with Gasteiger partial charge in [0.05, 0.1) is 37.2 Å². The Morgan fingerprint density at radius 3 is 1.39 bits per heavy atom. The minimum absolute atomic E-state index is 0.0359. The number of aliphatic hydroxyl groups is 1. The zero-order valence-electron chi connectivity index (χ0n) is 92.3. The number of carbonyl (C=O) groups is 1. The van der Waals surface area contributed by atoms with Crippen molar-refractivity contribution in [3.63, 3.8) is 0 Å². The molecule has 143 heavy (non-hydrogen) atoms. The van der Waals surface area contributed by atoms with Crippen LogP contribution in [0.3, 0.4) is 0 Å². The number of β-amino-alcohol motifs (C(OH)–C–C–N with tert-alkyl or cyclic N) is 1. The molecular weight excluding hydrogens is 1820 g/mol. The van der Waals surface area contributed by atoms with E-state index < -0.39 is 30.6 Å². The number of benzene rings is 8. The number of amides is 1. The van der Waals surface area contributed by atoms with Gasteiger partial charge in [0.25, 0.3) is 0 Å². The molecule has 1 amide bonds. The maximum absolute atomic E-state index is 13.6. The Bertz CT molecular complexity index is 5440. The summed E-state index contributed by atoms with van der Waals surface area (Å²) in [5.74, 6) is 2.29. The lowest BCUT2D eigenvalue weighted by atomic mass is 9.84. The molecule has 1 saturated carbocycles. The summed E-state index contributed by atoms with van der Waals surface area (Å²) in [5.41, 5.74) is 18.6. The van der Waals surface area contributed by atoms with Crippen LogP contribution in [0.4, 0.5) is 42.1 Å². The summed E-state index contributed by atoms with van der Waals surface area (Å²) in [7, 11) is 4.45. The Labute approximate surface area is 856 Å². The van der Waals surface area contributed by atoms with E-state index >= 15 is 0 Å². The predicted molar refractivity (Wildman–Crippen MR) is 583 cm³/mol. The summed E-state index contributed by atoms with van der Waals surface area (Å²) in [5, 5.41) is 12.6. The third-order valence-corrected chi connectivity index (χ3v) is 28.9. The summed E-state index contributed by atoms with van der Waals surface area (Å²) in [4.78, 5) is 33.9. The number of rotatable bonds is 19. The molecule has 15 nitrogen and oxygen atoms in total. The third kappa shape index (κ3) is 39.2. The number of likely N-dealkylation sites (tertiary alicyclic amines) is 2. The van der Waals surface area contributed by atoms with Crippen molar-refractivity contribution in [2.24, 2.45) is 0 Å². The molecule has 0 unspecified atom stereocenters. The van der Waals surface area contributed by atoms with Crippen LogP contribution >= 0.6 is 7.14 Å². The molecule has 1 aliphatic carbocycles. The van der Waals surface area contributed by atoms with Crippen LogP contribution in [0, 0.1) is 12.7 Å². The quantitative estimate of drug-likeness (QED) is 0.0591. The molecule has 23 heteroatoms. The molecule has 9 aromatic rings. The summed E-state index contributed by atoms with van der Waals surface area (Å²) in [6, 6.07) is 54.4. The Kier molecular flexibility index (Phi) is 41.6. The van der Waals surface area contributed by atoms with E-state index in [4.69, 9.17) is 4.74 Å². The van der Waals surface area contributed by atoms with Crippen molar-refractivity contribution >= 4 is 24.4 Å². The van der Waals surface area contributed by atoms with Gasteiger partial charge in [-0.1, -0.05) is 262 Å². The van der Waals surface area contributed by atoms with Crippen molar-refractivity contribution in [1.82, 2.24) is 44.3 Å². The zero-order chi connectivity index (χ0) is 106. The van der Waals surface area contributed by atoms with Gasteiger partial charge in [-0.15, -0.1) is 0 Å². The van der Waals surface area contributed by atoms with Gasteiger partial charge >= 0.3 is 12.4 Å².